The van der Waals surface area contributed by atoms with Gasteiger partial charge >= 0.3 is 11.8 Å². The molecule has 0 bridgehead atoms. The molecule has 0 aliphatic heterocycles. The molecule has 1 aromatic carbocycles. The number of aromatic nitrogens is 3. The van der Waals surface area contributed by atoms with Gasteiger partial charge in [0, 0.05) is 29.2 Å². The number of hydrogen-bond donors (Lipinski definition) is 2. The fraction of sp³-hybridized carbons (Fsp3) is 0.267. The van der Waals surface area contributed by atoms with Crippen LogP contribution in [0.2, 0.25) is 0 Å². The van der Waals surface area contributed by atoms with E-state index in [4.69, 9.17) is 4.52 Å². The van der Waals surface area contributed by atoms with Gasteiger partial charge in [0.05, 0.1) is 0 Å². The molecule has 0 unspecified atom stereocenters. The zero-order chi connectivity index (χ0) is 14.2. The van der Waals surface area contributed by atoms with Crippen molar-refractivity contribution in [1.29, 1.82) is 0 Å². The summed E-state index contributed by atoms with van der Waals surface area (Å²) >= 11 is 0. The second-order valence-corrected chi connectivity index (χ2v) is 5.32. The molecule has 0 atom stereocenters. The van der Waals surface area contributed by atoms with Crippen LogP contribution in [0.3, 0.4) is 0 Å². The minimum Gasteiger partial charge on any atom is -0.361 e. The summed E-state index contributed by atoms with van der Waals surface area (Å²) < 4.78 is 5.08. The highest BCUT2D eigenvalue weighted by atomic mass is 16.5. The molecule has 21 heavy (non-hydrogen) atoms. The molecular formula is C15H14N4O2. The van der Waals surface area contributed by atoms with E-state index in [-0.39, 0.29) is 11.8 Å². The van der Waals surface area contributed by atoms with Crippen molar-refractivity contribution in [3.8, 4) is 11.4 Å². The van der Waals surface area contributed by atoms with E-state index in [0.717, 1.165) is 16.5 Å². The van der Waals surface area contributed by atoms with Crippen LogP contribution in [-0.4, -0.2) is 27.6 Å². The number of nitrogens with zero attached hydrogens (tertiary/aromatic N) is 2. The Morgan fingerprint density at radius 1 is 1.38 bits per heavy atom. The Morgan fingerprint density at radius 2 is 2.29 bits per heavy atom. The molecule has 0 saturated heterocycles. The molecule has 2 N–H and O–H groups in total. The topological polar surface area (TPSA) is 83.8 Å². The summed E-state index contributed by atoms with van der Waals surface area (Å²) in [6.45, 7) is 0.684. The van der Waals surface area contributed by atoms with Crippen LogP contribution < -0.4 is 5.32 Å². The van der Waals surface area contributed by atoms with Crippen molar-refractivity contribution >= 4 is 16.8 Å². The monoisotopic (exact) mass is 282 g/mol. The summed E-state index contributed by atoms with van der Waals surface area (Å²) in [5.41, 5.74) is 1.84. The number of carbonyl (C=O) groups is 1. The molecule has 2 heterocycles. The first kappa shape index (κ1) is 12.1. The van der Waals surface area contributed by atoms with Crippen LogP contribution in [-0.2, 0) is 0 Å². The van der Waals surface area contributed by atoms with Crippen molar-refractivity contribution in [2.24, 2.45) is 5.92 Å². The Labute approximate surface area is 120 Å². The van der Waals surface area contributed by atoms with Crippen LogP contribution >= 0.6 is 0 Å². The zero-order valence-corrected chi connectivity index (χ0v) is 11.3. The highest BCUT2D eigenvalue weighted by molar-refractivity contribution is 5.94. The molecular weight excluding hydrogens is 268 g/mol. The van der Waals surface area contributed by atoms with Gasteiger partial charge in [0.25, 0.3) is 0 Å². The second-order valence-electron chi connectivity index (χ2n) is 5.32. The number of fused-ring (bicyclic) bond motifs is 1. The maximum absolute atomic E-state index is 11.9. The van der Waals surface area contributed by atoms with Gasteiger partial charge in [-0.05, 0) is 30.9 Å². The SMILES string of the molecule is O=C(NCC1CC1)c1nc(-c2cccc3[nH]ccc23)no1. The predicted molar refractivity (Wildman–Crippen MR) is 76.6 cm³/mol. The third-order valence-electron chi connectivity index (χ3n) is 3.70. The largest absolute Gasteiger partial charge is 0.361 e. The molecule has 0 radical (unpaired) electrons. The van der Waals surface area contributed by atoms with Crippen LogP contribution in [0.15, 0.2) is 35.0 Å². The third kappa shape index (κ3) is 2.29. The summed E-state index contributed by atoms with van der Waals surface area (Å²) in [5, 5.41) is 7.74. The molecule has 3 aromatic rings. The summed E-state index contributed by atoms with van der Waals surface area (Å²) in [6.07, 6.45) is 4.23. The number of rotatable bonds is 4. The Hall–Kier alpha value is -2.63. The molecule has 6 heteroatoms. The predicted octanol–water partition coefficient (Wildman–Crippen LogP) is 2.36. The minimum atomic E-state index is -0.304. The lowest BCUT2D eigenvalue weighted by Gasteiger charge is -1.98. The van der Waals surface area contributed by atoms with Gasteiger partial charge in [0.2, 0.25) is 5.82 Å². The van der Waals surface area contributed by atoms with E-state index in [1.54, 1.807) is 0 Å². The number of amides is 1. The third-order valence-corrected chi connectivity index (χ3v) is 3.70. The maximum atomic E-state index is 11.9. The lowest BCUT2D eigenvalue weighted by atomic mass is 10.1. The van der Waals surface area contributed by atoms with Crippen molar-refractivity contribution in [2.45, 2.75) is 12.8 Å². The van der Waals surface area contributed by atoms with Crippen LogP contribution in [0.25, 0.3) is 22.3 Å². The zero-order valence-electron chi connectivity index (χ0n) is 11.3. The van der Waals surface area contributed by atoms with E-state index >= 15 is 0 Å². The van der Waals surface area contributed by atoms with Crippen molar-refractivity contribution < 1.29 is 9.32 Å². The lowest BCUT2D eigenvalue weighted by Crippen LogP contribution is -2.25. The molecule has 0 spiro atoms. The number of nitrogens with one attached hydrogen (secondary N) is 2. The average Bonchev–Trinajstić information content (AvgIpc) is 3.02. The molecule has 1 aliphatic rings. The Bertz CT molecular complexity index is 801. The van der Waals surface area contributed by atoms with E-state index in [9.17, 15) is 4.79 Å². The van der Waals surface area contributed by atoms with E-state index in [0.29, 0.717) is 18.3 Å². The van der Waals surface area contributed by atoms with Crippen molar-refractivity contribution in [2.75, 3.05) is 6.54 Å². The highest BCUT2D eigenvalue weighted by Gasteiger charge is 2.24. The molecule has 1 saturated carbocycles. The molecule has 2 aromatic heterocycles. The standard InChI is InChI=1S/C15H14N4O2/c20-14(17-8-9-4-5-9)15-18-13(19-21-15)11-2-1-3-12-10(11)6-7-16-12/h1-3,6-7,9,16H,4-5,8H2,(H,17,20). The van der Waals surface area contributed by atoms with Gasteiger partial charge in [-0.1, -0.05) is 17.3 Å². The number of hydrogen-bond acceptors (Lipinski definition) is 4. The van der Waals surface area contributed by atoms with Crippen molar-refractivity contribution in [1.82, 2.24) is 20.4 Å². The summed E-state index contributed by atoms with van der Waals surface area (Å²) in [5.74, 6) is 0.752. The Kier molecular flexibility index (Phi) is 2.73. The molecule has 106 valence electrons. The normalized spacial score (nSPS) is 14.5. The van der Waals surface area contributed by atoms with Crippen molar-refractivity contribution in [3.05, 3.63) is 36.4 Å². The number of carbonyl (C=O) groups excluding carboxylic acids is 1. The molecule has 1 fully saturated rings. The lowest BCUT2D eigenvalue weighted by molar-refractivity contribution is 0.0908. The minimum absolute atomic E-state index is 0.0122. The van der Waals surface area contributed by atoms with Gasteiger partial charge in [0.15, 0.2) is 0 Å². The fourth-order valence-electron chi connectivity index (χ4n) is 2.34. The van der Waals surface area contributed by atoms with E-state index in [2.05, 4.69) is 20.4 Å². The maximum Gasteiger partial charge on any atom is 0.316 e. The van der Waals surface area contributed by atoms with Crippen LogP contribution in [0, 0.1) is 5.92 Å². The summed E-state index contributed by atoms with van der Waals surface area (Å²) in [4.78, 5) is 19.3. The van der Waals surface area contributed by atoms with Gasteiger partial charge in [-0.15, -0.1) is 0 Å². The Balaban J connectivity index is 1.61. The fourth-order valence-corrected chi connectivity index (χ4v) is 2.34. The summed E-state index contributed by atoms with van der Waals surface area (Å²) in [7, 11) is 0. The number of benzene rings is 1. The first-order valence-corrected chi connectivity index (χ1v) is 6.99. The summed E-state index contributed by atoms with van der Waals surface area (Å²) in [6, 6.07) is 7.75. The van der Waals surface area contributed by atoms with Gasteiger partial charge in [-0.3, -0.25) is 4.79 Å². The molecule has 6 nitrogen and oxygen atoms in total. The van der Waals surface area contributed by atoms with Gasteiger partial charge < -0.3 is 14.8 Å². The molecule has 1 aliphatic carbocycles. The van der Waals surface area contributed by atoms with Crippen LogP contribution in [0.5, 0.6) is 0 Å². The van der Waals surface area contributed by atoms with Crippen molar-refractivity contribution in [3.63, 3.8) is 0 Å². The molecule has 1 amide bonds. The quantitative estimate of drug-likeness (QED) is 0.769. The number of H-pyrrole nitrogens is 1. The second kappa shape index (κ2) is 4.73. The van der Waals surface area contributed by atoms with Crippen LogP contribution in [0.1, 0.15) is 23.5 Å². The van der Waals surface area contributed by atoms with Gasteiger partial charge in [-0.2, -0.15) is 4.98 Å². The van der Waals surface area contributed by atoms with E-state index in [1.807, 2.05) is 30.5 Å². The van der Waals surface area contributed by atoms with E-state index < -0.39 is 0 Å². The molecule has 4 rings (SSSR count). The first-order chi connectivity index (χ1) is 10.3. The smallest absolute Gasteiger partial charge is 0.316 e. The first-order valence-electron chi connectivity index (χ1n) is 6.99. The number of aromatic amines is 1. The van der Waals surface area contributed by atoms with Crippen LogP contribution in [0.4, 0.5) is 0 Å². The van der Waals surface area contributed by atoms with Gasteiger partial charge in [-0.25, -0.2) is 0 Å². The highest BCUT2D eigenvalue weighted by Crippen LogP contribution is 2.28. The Morgan fingerprint density at radius 3 is 3.14 bits per heavy atom. The van der Waals surface area contributed by atoms with E-state index in [1.165, 1.54) is 12.8 Å². The van der Waals surface area contributed by atoms with Gasteiger partial charge in [0.1, 0.15) is 0 Å². The average molecular weight is 282 g/mol.